The molecule has 1 aliphatic heterocycles. The molecule has 0 aromatic carbocycles. The van der Waals surface area contributed by atoms with Crippen molar-refractivity contribution in [1.82, 2.24) is 10.6 Å². The smallest absolute Gasteiger partial charge is 0.407 e. The summed E-state index contributed by atoms with van der Waals surface area (Å²) in [5, 5.41) is 18.4. The molecule has 1 aromatic rings. The van der Waals surface area contributed by atoms with Gasteiger partial charge in [-0.1, -0.05) is 11.8 Å². The Balaban J connectivity index is 1.51. The molecule has 0 spiro atoms. The topological polar surface area (TPSA) is 117 Å². The van der Waals surface area contributed by atoms with Gasteiger partial charge in [0.2, 0.25) is 5.91 Å². The molecule has 1 aliphatic carbocycles. The van der Waals surface area contributed by atoms with Gasteiger partial charge in [-0.3, -0.25) is 4.79 Å². The number of alkyl carbamates (subject to hydrolysis) is 1. The highest BCUT2D eigenvalue weighted by molar-refractivity contribution is 7.15. The summed E-state index contributed by atoms with van der Waals surface area (Å²) in [6, 6.07) is 1.94. The fourth-order valence-corrected chi connectivity index (χ4v) is 4.40. The van der Waals surface area contributed by atoms with Crippen LogP contribution in [0.15, 0.2) is 6.07 Å². The molecule has 1 atom stereocenters. The van der Waals surface area contributed by atoms with E-state index in [2.05, 4.69) is 27.8 Å². The predicted molar refractivity (Wildman–Crippen MR) is 118 cm³/mol. The van der Waals surface area contributed by atoms with Crippen LogP contribution in [0.25, 0.3) is 0 Å². The molecule has 2 aliphatic rings. The summed E-state index contributed by atoms with van der Waals surface area (Å²) in [5.74, 6) is 5.15. The van der Waals surface area contributed by atoms with E-state index < -0.39 is 18.2 Å². The Hall–Kier alpha value is -2.73. The third-order valence-corrected chi connectivity index (χ3v) is 6.15. The van der Waals surface area contributed by atoms with Crippen LogP contribution in [0.4, 0.5) is 10.5 Å². The Bertz CT molecular complexity index is 900. The second-order valence-corrected chi connectivity index (χ2v) is 10.1. The molecule has 2 fully saturated rings. The van der Waals surface area contributed by atoms with Crippen LogP contribution in [0.1, 0.15) is 67.4 Å². The van der Waals surface area contributed by atoms with E-state index in [9.17, 15) is 19.5 Å². The van der Waals surface area contributed by atoms with Crippen LogP contribution in [0.2, 0.25) is 0 Å². The van der Waals surface area contributed by atoms with Crippen LogP contribution in [-0.2, 0) is 9.53 Å². The Morgan fingerprint density at radius 1 is 1.23 bits per heavy atom. The Labute approximate surface area is 186 Å². The van der Waals surface area contributed by atoms with Crippen LogP contribution < -0.4 is 16.0 Å². The zero-order chi connectivity index (χ0) is 22.6. The molecule has 8 nitrogen and oxygen atoms in total. The summed E-state index contributed by atoms with van der Waals surface area (Å²) in [7, 11) is 0. The lowest BCUT2D eigenvalue weighted by molar-refractivity contribution is -0.119. The molecule has 168 valence electrons. The number of hydrogen-bond donors (Lipinski definition) is 4. The first-order valence-corrected chi connectivity index (χ1v) is 11.3. The van der Waals surface area contributed by atoms with Gasteiger partial charge in [0.25, 0.3) is 0 Å². The van der Waals surface area contributed by atoms with Gasteiger partial charge in [-0.05, 0) is 52.5 Å². The van der Waals surface area contributed by atoms with Crippen molar-refractivity contribution >= 4 is 35.0 Å². The number of hydrogen-bond acceptors (Lipinski definition) is 6. The monoisotopic (exact) mass is 447 g/mol. The van der Waals surface area contributed by atoms with Gasteiger partial charge in [0.1, 0.15) is 11.0 Å². The van der Waals surface area contributed by atoms with Crippen LogP contribution in [-0.4, -0.2) is 47.8 Å². The van der Waals surface area contributed by atoms with E-state index >= 15 is 0 Å². The van der Waals surface area contributed by atoms with Crippen molar-refractivity contribution in [2.45, 2.75) is 71.1 Å². The van der Waals surface area contributed by atoms with Gasteiger partial charge in [0.15, 0.2) is 0 Å². The average molecular weight is 448 g/mol. The third kappa shape index (κ3) is 6.89. The minimum Gasteiger partial charge on any atom is -0.477 e. The fraction of sp³-hybridized carbons (Fsp3) is 0.591. The zero-order valence-electron chi connectivity index (χ0n) is 18.0. The summed E-state index contributed by atoms with van der Waals surface area (Å²) in [6.45, 7) is 6.39. The molecule has 4 N–H and O–H groups in total. The highest BCUT2D eigenvalue weighted by Gasteiger charge is 2.28. The number of carboxylic acids is 1. The maximum atomic E-state index is 12.0. The molecule has 3 rings (SSSR count). The van der Waals surface area contributed by atoms with Crippen molar-refractivity contribution in [3.63, 3.8) is 0 Å². The van der Waals surface area contributed by atoms with Gasteiger partial charge in [0, 0.05) is 17.5 Å². The predicted octanol–water partition coefficient (Wildman–Crippen LogP) is 3.18. The first-order valence-electron chi connectivity index (χ1n) is 10.5. The van der Waals surface area contributed by atoms with E-state index in [1.807, 2.05) is 26.8 Å². The molecule has 1 saturated heterocycles. The summed E-state index contributed by atoms with van der Waals surface area (Å²) in [4.78, 5) is 35.9. The number of rotatable bonds is 5. The number of thiophene rings is 1. The summed E-state index contributed by atoms with van der Waals surface area (Å²) in [5.41, 5.74) is 0.446. The number of anilines is 1. The van der Waals surface area contributed by atoms with Crippen molar-refractivity contribution in [3.05, 3.63) is 15.8 Å². The van der Waals surface area contributed by atoms with Crippen LogP contribution in [0.3, 0.4) is 0 Å². The van der Waals surface area contributed by atoms with Gasteiger partial charge < -0.3 is 25.8 Å². The summed E-state index contributed by atoms with van der Waals surface area (Å²) in [6.07, 6.45) is 2.42. The first-order chi connectivity index (χ1) is 14.6. The lowest BCUT2D eigenvalue weighted by atomic mass is 9.91. The van der Waals surface area contributed by atoms with Crippen molar-refractivity contribution in [1.29, 1.82) is 0 Å². The molecule has 0 radical (unpaired) electrons. The van der Waals surface area contributed by atoms with Gasteiger partial charge in [0.05, 0.1) is 23.5 Å². The summed E-state index contributed by atoms with van der Waals surface area (Å²) < 4.78 is 5.27. The lowest BCUT2D eigenvalue weighted by Gasteiger charge is -2.30. The molecule has 9 heteroatoms. The number of carboxylic acid groups (broad SMARTS) is 1. The molecule has 31 heavy (non-hydrogen) atoms. The molecule has 0 unspecified atom stereocenters. The van der Waals surface area contributed by atoms with E-state index in [0.717, 1.165) is 30.6 Å². The quantitative estimate of drug-likeness (QED) is 0.515. The number of ether oxygens (including phenoxy) is 1. The van der Waals surface area contributed by atoms with Gasteiger partial charge in [-0.25, -0.2) is 9.59 Å². The zero-order valence-corrected chi connectivity index (χ0v) is 18.9. The van der Waals surface area contributed by atoms with E-state index in [1.165, 1.54) is 11.3 Å². The van der Waals surface area contributed by atoms with Gasteiger partial charge in [-0.15, -0.1) is 11.3 Å². The Morgan fingerprint density at radius 2 is 1.90 bits per heavy atom. The van der Waals surface area contributed by atoms with Crippen LogP contribution >= 0.6 is 11.3 Å². The van der Waals surface area contributed by atoms with Crippen molar-refractivity contribution in [2.75, 3.05) is 11.9 Å². The van der Waals surface area contributed by atoms with E-state index in [1.54, 1.807) is 0 Å². The first kappa shape index (κ1) is 22.9. The molecule has 1 saturated carbocycles. The minimum absolute atomic E-state index is 0.00486. The van der Waals surface area contributed by atoms with E-state index in [0.29, 0.717) is 12.2 Å². The minimum atomic E-state index is -0.964. The number of aromatic carboxylic acids is 1. The van der Waals surface area contributed by atoms with Crippen LogP contribution in [0.5, 0.6) is 0 Å². The molecule has 1 aromatic heterocycles. The second kappa shape index (κ2) is 9.60. The number of carbonyl (C=O) groups is 3. The van der Waals surface area contributed by atoms with Crippen molar-refractivity contribution in [3.8, 4) is 11.8 Å². The van der Waals surface area contributed by atoms with Crippen molar-refractivity contribution in [2.24, 2.45) is 5.41 Å². The normalized spacial score (nSPS) is 23.3. The second-order valence-electron chi connectivity index (χ2n) is 9.03. The maximum absolute atomic E-state index is 12.0. The number of carbonyl (C=O) groups excluding carboxylic acids is 2. The third-order valence-electron chi connectivity index (χ3n) is 5.11. The Morgan fingerprint density at radius 3 is 2.48 bits per heavy atom. The fourth-order valence-electron chi connectivity index (χ4n) is 3.58. The average Bonchev–Trinajstić information content (AvgIpc) is 3.27. The standard InChI is InChI=1S/C22H29N3O5S/c1-22(2,3)9-8-16-11-17(19(31-16)20(27)28)24-13-4-6-14(7-5-13)25-21(29)30-15-10-18(26)23-12-15/h11,13-15,24H,4-7,10,12H2,1-3H3,(H,23,26)(H,25,29)(H,27,28)/t13?,14?,15-/m1/s1. The molecule has 2 heterocycles. The molecular formula is C22H29N3O5S. The molecule has 0 bridgehead atoms. The summed E-state index contributed by atoms with van der Waals surface area (Å²) >= 11 is 1.18. The number of nitrogens with one attached hydrogen (secondary N) is 3. The SMILES string of the molecule is CC(C)(C)C#Cc1cc(NC2CCC(NC(=O)O[C@H]3CNC(=O)C3)CC2)c(C(=O)O)s1. The van der Waals surface area contributed by atoms with E-state index in [-0.39, 0.29) is 34.7 Å². The van der Waals surface area contributed by atoms with Crippen LogP contribution in [0, 0.1) is 17.3 Å². The van der Waals surface area contributed by atoms with Gasteiger partial charge in [-0.2, -0.15) is 0 Å². The Kier molecular flexibility index (Phi) is 7.11. The highest BCUT2D eigenvalue weighted by Crippen LogP contribution is 2.30. The highest BCUT2D eigenvalue weighted by atomic mass is 32.1. The largest absolute Gasteiger partial charge is 0.477 e. The van der Waals surface area contributed by atoms with Gasteiger partial charge >= 0.3 is 12.1 Å². The maximum Gasteiger partial charge on any atom is 0.407 e. The van der Waals surface area contributed by atoms with Crippen molar-refractivity contribution < 1.29 is 24.2 Å². The molecular weight excluding hydrogens is 418 g/mol. The lowest BCUT2D eigenvalue weighted by Crippen LogP contribution is -2.41. The molecule has 2 amide bonds. The van der Waals surface area contributed by atoms with E-state index in [4.69, 9.17) is 4.74 Å². The number of amides is 2.